The Bertz CT molecular complexity index is 576. The van der Waals surface area contributed by atoms with E-state index in [4.69, 9.17) is 16.3 Å². The lowest BCUT2D eigenvalue weighted by Gasteiger charge is -2.34. The summed E-state index contributed by atoms with van der Waals surface area (Å²) in [5.41, 5.74) is 7.55. The van der Waals surface area contributed by atoms with Crippen LogP contribution in [0.3, 0.4) is 0 Å². The molecular weight excluding hydrogens is 314 g/mol. The molecule has 3 aliphatic rings. The summed E-state index contributed by atoms with van der Waals surface area (Å²) in [5.74, 6) is 0.940. The van der Waals surface area contributed by atoms with Crippen LogP contribution in [0.2, 0.25) is 5.02 Å². The molecule has 2 N–H and O–H groups in total. The molecule has 1 amide bonds. The molecule has 2 saturated heterocycles. The quantitative estimate of drug-likeness (QED) is 0.885. The maximum Gasteiger partial charge on any atom is 0.241 e. The van der Waals surface area contributed by atoms with Gasteiger partial charge in [-0.15, -0.1) is 0 Å². The van der Waals surface area contributed by atoms with E-state index in [-0.39, 0.29) is 18.1 Å². The predicted octanol–water partition coefficient (Wildman–Crippen LogP) is 1.89. The molecule has 3 atom stereocenters. The van der Waals surface area contributed by atoms with E-state index in [1.165, 1.54) is 12.8 Å². The highest BCUT2D eigenvalue weighted by molar-refractivity contribution is 6.30. The van der Waals surface area contributed by atoms with Gasteiger partial charge in [-0.1, -0.05) is 23.7 Å². The van der Waals surface area contributed by atoms with Crippen molar-refractivity contribution < 1.29 is 9.53 Å². The highest BCUT2D eigenvalue weighted by atomic mass is 35.5. The van der Waals surface area contributed by atoms with E-state index in [2.05, 4.69) is 10.9 Å². The first-order valence-corrected chi connectivity index (χ1v) is 8.75. The summed E-state index contributed by atoms with van der Waals surface area (Å²) in [7, 11) is 0. The number of benzene rings is 1. The van der Waals surface area contributed by atoms with Crippen LogP contribution in [-0.4, -0.2) is 42.6 Å². The van der Waals surface area contributed by atoms with Gasteiger partial charge >= 0.3 is 0 Å². The van der Waals surface area contributed by atoms with Crippen molar-refractivity contribution in [2.24, 2.45) is 5.92 Å². The first-order valence-electron chi connectivity index (χ1n) is 8.37. The monoisotopic (exact) mass is 335 g/mol. The van der Waals surface area contributed by atoms with Crippen LogP contribution in [0.4, 0.5) is 0 Å². The lowest BCUT2D eigenvalue weighted by atomic mass is 10.0. The average molecular weight is 336 g/mol. The minimum Gasteiger partial charge on any atom is -0.370 e. The van der Waals surface area contributed by atoms with Crippen molar-refractivity contribution >= 4 is 17.5 Å². The molecule has 0 spiro atoms. The maximum absolute atomic E-state index is 12.8. The van der Waals surface area contributed by atoms with Crippen molar-refractivity contribution in [1.29, 1.82) is 0 Å². The molecule has 1 aliphatic carbocycles. The van der Waals surface area contributed by atoms with Crippen LogP contribution in [0.25, 0.3) is 0 Å². The van der Waals surface area contributed by atoms with Crippen molar-refractivity contribution in [3.05, 3.63) is 34.9 Å². The van der Waals surface area contributed by atoms with Crippen molar-refractivity contribution in [2.75, 3.05) is 19.7 Å². The van der Waals surface area contributed by atoms with Crippen LogP contribution in [0.15, 0.2) is 24.3 Å². The fourth-order valence-corrected chi connectivity index (χ4v) is 3.63. The van der Waals surface area contributed by atoms with E-state index in [0.717, 1.165) is 17.9 Å². The first-order chi connectivity index (χ1) is 11.2. The summed E-state index contributed by atoms with van der Waals surface area (Å²) in [6.45, 7) is 1.84. The standard InChI is InChI=1S/C17H22ClN3O2/c18-13-5-3-12(4-6-13)16-10-21(7-8-23-16)17(22)15-9-14(19-20-15)11-1-2-11/h3-6,11,14-16,19-20H,1-2,7-10H2. The molecule has 0 bridgehead atoms. The number of carbonyl (C=O) groups is 1. The number of hydrazine groups is 1. The summed E-state index contributed by atoms with van der Waals surface area (Å²) in [6, 6.07) is 8.02. The summed E-state index contributed by atoms with van der Waals surface area (Å²) in [6.07, 6.45) is 3.40. The molecule has 2 aliphatic heterocycles. The summed E-state index contributed by atoms with van der Waals surface area (Å²) in [5, 5.41) is 0.713. The van der Waals surface area contributed by atoms with Crippen molar-refractivity contribution in [1.82, 2.24) is 15.8 Å². The molecule has 3 fully saturated rings. The third-order valence-corrected chi connectivity index (χ3v) is 5.29. The minimum absolute atomic E-state index is 0.0708. The van der Waals surface area contributed by atoms with Crippen LogP contribution in [0.1, 0.15) is 30.9 Å². The van der Waals surface area contributed by atoms with E-state index in [9.17, 15) is 4.79 Å². The van der Waals surface area contributed by atoms with Crippen molar-refractivity contribution in [2.45, 2.75) is 37.5 Å². The molecule has 1 aromatic rings. The highest BCUT2D eigenvalue weighted by Gasteiger charge is 2.40. The largest absolute Gasteiger partial charge is 0.370 e. The van der Waals surface area contributed by atoms with Crippen LogP contribution < -0.4 is 10.9 Å². The molecule has 2 heterocycles. The number of ether oxygens (including phenoxy) is 1. The molecule has 1 aromatic carbocycles. The first kappa shape index (κ1) is 15.4. The molecule has 6 heteroatoms. The lowest BCUT2D eigenvalue weighted by Crippen LogP contribution is -2.50. The number of halogens is 1. The Labute approximate surface area is 141 Å². The van der Waals surface area contributed by atoms with Gasteiger partial charge in [0.15, 0.2) is 0 Å². The van der Waals surface area contributed by atoms with Gasteiger partial charge in [-0.05, 0) is 42.9 Å². The summed E-state index contributed by atoms with van der Waals surface area (Å²) in [4.78, 5) is 14.7. The summed E-state index contributed by atoms with van der Waals surface area (Å²) >= 11 is 5.94. The zero-order chi connectivity index (χ0) is 15.8. The van der Waals surface area contributed by atoms with Gasteiger partial charge in [0.2, 0.25) is 5.91 Å². The van der Waals surface area contributed by atoms with Gasteiger partial charge in [-0.25, -0.2) is 5.43 Å². The summed E-state index contributed by atoms with van der Waals surface area (Å²) < 4.78 is 5.84. The third kappa shape index (κ3) is 3.38. The Hall–Kier alpha value is -1.14. The molecule has 0 radical (unpaired) electrons. The van der Waals surface area contributed by atoms with Crippen molar-refractivity contribution in [3.63, 3.8) is 0 Å². The second kappa shape index (κ2) is 6.40. The topological polar surface area (TPSA) is 53.6 Å². The number of amides is 1. The SMILES string of the molecule is O=C(C1CC(C2CC2)NN1)N1CCOC(c2ccc(Cl)cc2)C1. The highest BCUT2D eigenvalue weighted by Crippen LogP contribution is 2.36. The lowest BCUT2D eigenvalue weighted by molar-refractivity contribution is -0.141. The van der Waals surface area contributed by atoms with E-state index in [1.807, 2.05) is 29.2 Å². The van der Waals surface area contributed by atoms with E-state index >= 15 is 0 Å². The van der Waals surface area contributed by atoms with Gasteiger partial charge in [0.05, 0.1) is 13.2 Å². The van der Waals surface area contributed by atoms with Gasteiger partial charge in [-0.2, -0.15) is 0 Å². The van der Waals surface area contributed by atoms with Crippen LogP contribution in [0.5, 0.6) is 0 Å². The second-order valence-corrected chi connectivity index (χ2v) is 7.15. The maximum atomic E-state index is 12.8. The van der Waals surface area contributed by atoms with Gasteiger partial charge in [0.1, 0.15) is 12.1 Å². The normalized spacial score (nSPS) is 31.3. The Morgan fingerprint density at radius 1 is 1.22 bits per heavy atom. The molecule has 5 nitrogen and oxygen atoms in total. The smallest absolute Gasteiger partial charge is 0.241 e. The zero-order valence-electron chi connectivity index (χ0n) is 13.0. The number of hydrogen-bond acceptors (Lipinski definition) is 4. The van der Waals surface area contributed by atoms with Crippen LogP contribution in [0, 0.1) is 5.92 Å². The number of nitrogens with one attached hydrogen (secondary N) is 2. The molecule has 3 unspecified atom stereocenters. The van der Waals surface area contributed by atoms with E-state index in [0.29, 0.717) is 30.8 Å². The van der Waals surface area contributed by atoms with Crippen LogP contribution >= 0.6 is 11.6 Å². The molecule has 124 valence electrons. The average Bonchev–Trinajstić information content (AvgIpc) is 3.32. The predicted molar refractivity (Wildman–Crippen MR) is 87.9 cm³/mol. The molecule has 4 rings (SSSR count). The number of carbonyl (C=O) groups excluding carboxylic acids is 1. The van der Waals surface area contributed by atoms with E-state index < -0.39 is 0 Å². The molecular formula is C17H22ClN3O2. The molecule has 0 aromatic heterocycles. The number of morpholine rings is 1. The van der Waals surface area contributed by atoms with Gasteiger partial charge < -0.3 is 9.64 Å². The number of nitrogens with zero attached hydrogens (tertiary/aromatic N) is 1. The molecule has 1 saturated carbocycles. The second-order valence-electron chi connectivity index (χ2n) is 6.72. The minimum atomic E-state index is -0.107. The third-order valence-electron chi connectivity index (χ3n) is 5.04. The zero-order valence-corrected chi connectivity index (χ0v) is 13.8. The van der Waals surface area contributed by atoms with Crippen LogP contribution in [-0.2, 0) is 9.53 Å². The Morgan fingerprint density at radius 3 is 2.74 bits per heavy atom. The fraction of sp³-hybridized carbons (Fsp3) is 0.588. The van der Waals surface area contributed by atoms with Gasteiger partial charge in [0.25, 0.3) is 0 Å². The van der Waals surface area contributed by atoms with Gasteiger partial charge in [0, 0.05) is 17.6 Å². The fourth-order valence-electron chi connectivity index (χ4n) is 3.50. The Balaban J connectivity index is 1.38. The van der Waals surface area contributed by atoms with E-state index in [1.54, 1.807) is 0 Å². The Kier molecular flexibility index (Phi) is 4.28. The van der Waals surface area contributed by atoms with Crippen molar-refractivity contribution in [3.8, 4) is 0 Å². The molecule has 23 heavy (non-hydrogen) atoms. The number of hydrogen-bond donors (Lipinski definition) is 2. The van der Waals surface area contributed by atoms with Gasteiger partial charge in [-0.3, -0.25) is 10.2 Å². The number of rotatable bonds is 3. The Morgan fingerprint density at radius 2 is 2.00 bits per heavy atom.